The molecular weight excluding hydrogens is 218 g/mol. The van der Waals surface area contributed by atoms with Crippen LogP contribution in [0.15, 0.2) is 6.07 Å². The number of hydrogen-bond donors (Lipinski definition) is 2. The van der Waals surface area contributed by atoms with Crippen molar-refractivity contribution in [2.75, 3.05) is 12.3 Å². The number of rotatable bonds is 1. The topological polar surface area (TPSA) is 89.7 Å². The Balaban J connectivity index is 2.11. The molecule has 88 valence electrons. The minimum absolute atomic E-state index is 0.523. The molecule has 2 aromatic heterocycles. The summed E-state index contributed by atoms with van der Waals surface area (Å²) >= 11 is 0. The lowest BCUT2D eigenvalue weighted by molar-refractivity contribution is 0.272. The van der Waals surface area contributed by atoms with Crippen molar-refractivity contribution in [1.29, 1.82) is 0 Å². The third kappa shape index (κ3) is 1.71. The number of nitrogens with zero attached hydrogens (tertiary/aromatic N) is 3. The molecule has 0 aromatic carbocycles. The summed E-state index contributed by atoms with van der Waals surface area (Å²) in [7, 11) is 0. The molecule has 0 saturated heterocycles. The van der Waals surface area contributed by atoms with E-state index in [-0.39, 0.29) is 0 Å². The summed E-state index contributed by atoms with van der Waals surface area (Å²) in [5.74, 6) is 1.18. The SMILES string of the molecule is Cc1nc2c(nc1-c1cc(N)[nH]n1)CCCO2. The minimum Gasteiger partial charge on any atom is -0.476 e. The van der Waals surface area contributed by atoms with Gasteiger partial charge >= 0.3 is 0 Å². The minimum atomic E-state index is 0.523. The first kappa shape index (κ1) is 10.1. The summed E-state index contributed by atoms with van der Waals surface area (Å²) in [6.45, 7) is 2.61. The largest absolute Gasteiger partial charge is 0.476 e. The molecule has 0 radical (unpaired) electrons. The van der Waals surface area contributed by atoms with Crippen LogP contribution in [0.4, 0.5) is 5.82 Å². The van der Waals surface area contributed by atoms with Gasteiger partial charge in [-0.15, -0.1) is 0 Å². The van der Waals surface area contributed by atoms with Gasteiger partial charge in [0.25, 0.3) is 0 Å². The Bertz CT molecular complexity index is 563. The summed E-state index contributed by atoms with van der Waals surface area (Å²) in [6, 6.07) is 1.76. The Morgan fingerprint density at radius 3 is 3.06 bits per heavy atom. The Hall–Kier alpha value is -2.11. The fourth-order valence-electron chi connectivity index (χ4n) is 1.92. The molecular formula is C11H13N5O. The zero-order chi connectivity index (χ0) is 11.8. The number of aromatic amines is 1. The van der Waals surface area contributed by atoms with Crippen molar-refractivity contribution in [3.05, 3.63) is 17.5 Å². The van der Waals surface area contributed by atoms with Crippen LogP contribution in [-0.2, 0) is 6.42 Å². The summed E-state index contributed by atoms with van der Waals surface area (Å²) in [4.78, 5) is 8.99. The van der Waals surface area contributed by atoms with E-state index in [1.54, 1.807) is 6.07 Å². The second-order valence-electron chi connectivity index (χ2n) is 4.07. The summed E-state index contributed by atoms with van der Waals surface area (Å²) in [5.41, 5.74) is 8.81. The standard InChI is InChI=1S/C11H13N5O/c1-6-10(8-5-9(12)16-15-8)14-7-3-2-4-17-11(7)13-6/h5H,2-4H2,1H3,(H3,12,15,16). The molecule has 3 rings (SSSR count). The highest BCUT2D eigenvalue weighted by Crippen LogP contribution is 2.26. The van der Waals surface area contributed by atoms with Crippen molar-refractivity contribution in [2.24, 2.45) is 0 Å². The quantitative estimate of drug-likeness (QED) is 0.766. The number of nitrogen functional groups attached to an aromatic ring is 1. The second-order valence-corrected chi connectivity index (χ2v) is 4.07. The molecule has 0 aliphatic carbocycles. The fourth-order valence-corrected chi connectivity index (χ4v) is 1.92. The third-order valence-corrected chi connectivity index (χ3v) is 2.74. The monoisotopic (exact) mass is 231 g/mol. The maximum absolute atomic E-state index is 5.61. The average molecular weight is 231 g/mol. The zero-order valence-electron chi connectivity index (χ0n) is 9.53. The van der Waals surface area contributed by atoms with E-state index in [0.717, 1.165) is 42.2 Å². The fraction of sp³-hybridized carbons (Fsp3) is 0.364. The first-order chi connectivity index (χ1) is 8.24. The van der Waals surface area contributed by atoms with Crippen molar-refractivity contribution in [3.8, 4) is 17.3 Å². The smallest absolute Gasteiger partial charge is 0.235 e. The van der Waals surface area contributed by atoms with Crippen molar-refractivity contribution >= 4 is 5.82 Å². The number of nitrogens with one attached hydrogen (secondary N) is 1. The van der Waals surface area contributed by atoms with Gasteiger partial charge in [-0.1, -0.05) is 0 Å². The van der Waals surface area contributed by atoms with Gasteiger partial charge in [0, 0.05) is 6.07 Å². The predicted octanol–water partition coefficient (Wildman–Crippen LogP) is 1.08. The number of ether oxygens (including phenoxy) is 1. The lowest BCUT2D eigenvalue weighted by Gasteiger charge is -2.16. The molecule has 2 aromatic rings. The van der Waals surface area contributed by atoms with E-state index in [1.807, 2.05) is 6.92 Å². The van der Waals surface area contributed by atoms with Gasteiger partial charge in [-0.25, -0.2) is 9.97 Å². The van der Waals surface area contributed by atoms with Crippen LogP contribution in [0.1, 0.15) is 17.8 Å². The number of nitrogens with two attached hydrogens (primary N) is 1. The summed E-state index contributed by atoms with van der Waals surface area (Å²) in [5, 5.41) is 6.81. The van der Waals surface area contributed by atoms with Crippen LogP contribution in [0.5, 0.6) is 5.88 Å². The molecule has 0 fully saturated rings. The normalized spacial score (nSPS) is 14.2. The number of aromatic nitrogens is 4. The highest BCUT2D eigenvalue weighted by Gasteiger charge is 2.18. The van der Waals surface area contributed by atoms with Crippen LogP contribution in [0.3, 0.4) is 0 Å². The Kier molecular flexibility index (Phi) is 2.21. The first-order valence-corrected chi connectivity index (χ1v) is 5.55. The highest BCUT2D eigenvalue weighted by atomic mass is 16.5. The molecule has 3 N–H and O–H groups in total. The van der Waals surface area contributed by atoms with Gasteiger partial charge in [0.1, 0.15) is 22.9 Å². The molecule has 0 spiro atoms. The zero-order valence-corrected chi connectivity index (χ0v) is 9.53. The number of aryl methyl sites for hydroxylation is 2. The summed E-state index contributed by atoms with van der Waals surface area (Å²) in [6.07, 6.45) is 1.88. The number of anilines is 1. The van der Waals surface area contributed by atoms with Gasteiger partial charge in [-0.3, -0.25) is 5.10 Å². The second kappa shape index (κ2) is 3.73. The van der Waals surface area contributed by atoms with Crippen LogP contribution >= 0.6 is 0 Å². The molecule has 3 heterocycles. The number of H-pyrrole nitrogens is 1. The molecule has 17 heavy (non-hydrogen) atoms. The van der Waals surface area contributed by atoms with Gasteiger partial charge in [0.05, 0.1) is 12.3 Å². The highest BCUT2D eigenvalue weighted by molar-refractivity contribution is 5.60. The molecule has 0 amide bonds. The van der Waals surface area contributed by atoms with E-state index in [0.29, 0.717) is 11.7 Å². The molecule has 0 bridgehead atoms. The first-order valence-electron chi connectivity index (χ1n) is 5.55. The molecule has 0 atom stereocenters. The Labute approximate surface area is 98.2 Å². The van der Waals surface area contributed by atoms with Crippen LogP contribution in [0.2, 0.25) is 0 Å². The maximum atomic E-state index is 5.61. The van der Waals surface area contributed by atoms with Crippen LogP contribution in [0, 0.1) is 6.92 Å². The van der Waals surface area contributed by atoms with Crippen molar-refractivity contribution in [1.82, 2.24) is 20.2 Å². The lowest BCUT2D eigenvalue weighted by atomic mass is 10.2. The van der Waals surface area contributed by atoms with E-state index < -0.39 is 0 Å². The van der Waals surface area contributed by atoms with Gasteiger partial charge in [0.2, 0.25) is 5.88 Å². The number of fused-ring (bicyclic) bond motifs is 1. The average Bonchev–Trinajstić information content (AvgIpc) is 2.75. The van der Waals surface area contributed by atoms with Crippen molar-refractivity contribution in [3.63, 3.8) is 0 Å². The van der Waals surface area contributed by atoms with E-state index in [9.17, 15) is 0 Å². The maximum Gasteiger partial charge on any atom is 0.235 e. The van der Waals surface area contributed by atoms with Crippen LogP contribution in [-0.4, -0.2) is 26.8 Å². The van der Waals surface area contributed by atoms with E-state index >= 15 is 0 Å². The predicted molar refractivity (Wildman–Crippen MR) is 62.6 cm³/mol. The van der Waals surface area contributed by atoms with E-state index in [2.05, 4.69) is 20.2 Å². The van der Waals surface area contributed by atoms with Gasteiger partial charge in [0.15, 0.2) is 0 Å². The van der Waals surface area contributed by atoms with E-state index in [4.69, 9.17) is 10.5 Å². The molecule has 0 saturated carbocycles. The van der Waals surface area contributed by atoms with Gasteiger partial charge in [-0.05, 0) is 19.8 Å². The van der Waals surface area contributed by atoms with Crippen LogP contribution in [0.25, 0.3) is 11.4 Å². The van der Waals surface area contributed by atoms with Crippen molar-refractivity contribution < 1.29 is 4.74 Å². The lowest BCUT2D eigenvalue weighted by Crippen LogP contribution is -2.13. The van der Waals surface area contributed by atoms with Gasteiger partial charge < -0.3 is 10.5 Å². The van der Waals surface area contributed by atoms with E-state index in [1.165, 1.54) is 0 Å². The van der Waals surface area contributed by atoms with Gasteiger partial charge in [-0.2, -0.15) is 5.10 Å². The Morgan fingerprint density at radius 1 is 1.41 bits per heavy atom. The molecule has 1 aliphatic rings. The Morgan fingerprint density at radius 2 is 2.29 bits per heavy atom. The molecule has 1 aliphatic heterocycles. The van der Waals surface area contributed by atoms with Crippen LogP contribution < -0.4 is 10.5 Å². The molecule has 0 unspecified atom stereocenters. The summed E-state index contributed by atoms with van der Waals surface area (Å²) < 4.78 is 5.47. The van der Waals surface area contributed by atoms with Crippen molar-refractivity contribution in [2.45, 2.75) is 19.8 Å². The number of hydrogen-bond acceptors (Lipinski definition) is 5. The third-order valence-electron chi connectivity index (χ3n) is 2.74. The molecule has 6 nitrogen and oxygen atoms in total. The molecule has 6 heteroatoms.